The number of ether oxygens (including phenoxy) is 2. The molecule has 5 N–H and O–H groups in total. The van der Waals surface area contributed by atoms with Crippen molar-refractivity contribution in [1.82, 2.24) is 19.5 Å². The summed E-state index contributed by atoms with van der Waals surface area (Å²) in [5.74, 6) is -0.175. The summed E-state index contributed by atoms with van der Waals surface area (Å²) in [6.07, 6.45) is -4.84. The van der Waals surface area contributed by atoms with Gasteiger partial charge in [0.25, 0.3) is 11.9 Å². The average Bonchev–Trinajstić information content (AvgIpc) is 3.06. The van der Waals surface area contributed by atoms with Crippen LogP contribution in [0.5, 0.6) is 0 Å². The maximum Gasteiger partial charge on any atom is 0.534 e. The van der Waals surface area contributed by atoms with E-state index in [0.717, 1.165) is 10.9 Å². The number of fused-ring (bicyclic) bond motifs is 1. The highest BCUT2D eigenvalue weighted by Crippen LogP contribution is 2.35. The fraction of sp³-hybridized carbons (Fsp3) is 0.545. The van der Waals surface area contributed by atoms with Gasteiger partial charge in [0.15, 0.2) is 23.6 Å². The number of alkyl halides is 1. The lowest BCUT2D eigenvalue weighted by atomic mass is 10.1. The van der Waals surface area contributed by atoms with Crippen LogP contribution in [0, 0.1) is 0 Å². The molecule has 0 aliphatic carbocycles. The number of nitrogens with zero attached hydrogens (tertiary/aromatic N) is 3. The van der Waals surface area contributed by atoms with E-state index in [1.54, 1.807) is 0 Å². The van der Waals surface area contributed by atoms with Crippen molar-refractivity contribution < 1.29 is 28.4 Å². The summed E-state index contributed by atoms with van der Waals surface area (Å²) in [4.78, 5) is 30.6. The van der Waals surface area contributed by atoms with Crippen LogP contribution in [-0.2, 0) is 14.0 Å². The Kier molecular flexibility index (Phi) is 4.56. The van der Waals surface area contributed by atoms with Crippen LogP contribution < -0.4 is 11.3 Å². The molecule has 1 fully saturated rings. The number of aliphatic hydroxyl groups excluding tert-OH is 1. The zero-order valence-electron chi connectivity index (χ0n) is 12.1. The van der Waals surface area contributed by atoms with Crippen molar-refractivity contribution in [2.45, 2.75) is 24.6 Å². The van der Waals surface area contributed by atoms with Gasteiger partial charge in [0.05, 0.1) is 12.9 Å². The van der Waals surface area contributed by atoms with E-state index in [9.17, 15) is 18.9 Å². The summed E-state index contributed by atoms with van der Waals surface area (Å²) in [5, 5.41) is 9.31. The molecule has 1 aliphatic rings. The van der Waals surface area contributed by atoms with Gasteiger partial charge in [-0.3, -0.25) is 14.3 Å². The van der Waals surface area contributed by atoms with Crippen LogP contribution in [0.2, 0.25) is 0 Å². The molecule has 130 valence electrons. The van der Waals surface area contributed by atoms with Crippen molar-refractivity contribution in [3.8, 4) is 0 Å². The van der Waals surface area contributed by atoms with Gasteiger partial charge in [-0.15, -0.1) is 0 Å². The lowest BCUT2D eigenvalue weighted by molar-refractivity contribution is -0.0545. The Labute approximate surface area is 134 Å². The second-order valence-corrected chi connectivity index (χ2v) is 6.04. The molecule has 0 radical (unpaired) electrons. The van der Waals surface area contributed by atoms with E-state index in [-0.39, 0.29) is 17.1 Å². The Bertz CT molecular complexity index is 827. The first-order valence-electron chi connectivity index (χ1n) is 6.80. The van der Waals surface area contributed by atoms with Crippen molar-refractivity contribution in [1.29, 1.82) is 0 Å². The molecule has 11 nitrogen and oxygen atoms in total. The third kappa shape index (κ3) is 2.89. The minimum atomic E-state index is -2.63. The zero-order valence-corrected chi connectivity index (χ0v) is 13.0. The van der Waals surface area contributed by atoms with Gasteiger partial charge in [-0.25, -0.2) is 9.37 Å². The molecule has 3 heterocycles. The van der Waals surface area contributed by atoms with E-state index < -0.39 is 51.1 Å². The smallest absolute Gasteiger partial charge is 0.394 e. The van der Waals surface area contributed by atoms with Crippen molar-refractivity contribution in [3.63, 3.8) is 0 Å². The van der Waals surface area contributed by atoms with Gasteiger partial charge in [0.2, 0.25) is 5.95 Å². The SMILES string of the molecule is Nc1nc2c(ncn2[C@@H]2O[C@H](CO)C(OC[P+](=O)O)C2F)c(=O)[nH]1. The molecule has 3 rings (SSSR count). The fourth-order valence-corrected chi connectivity index (χ4v) is 2.84. The maximum atomic E-state index is 14.7. The highest BCUT2D eigenvalue weighted by Gasteiger charge is 2.48. The molecule has 0 amide bonds. The standard InChI is InChI=1S/C11H13FN5O6P/c12-5-7(22-3-24(20)21)4(1-18)23-10(5)17-2-14-6-8(17)15-11(13)16-9(6)19/h2,4-5,7,10,18H,1,3H2,(H3-,13,15,16,19,20,21)/p+1/t4-,5?,7?,10-/m1/s1. The Morgan fingerprint density at radius 2 is 2.33 bits per heavy atom. The largest absolute Gasteiger partial charge is 0.534 e. The molecule has 0 saturated carbocycles. The lowest BCUT2D eigenvalue weighted by Gasteiger charge is -2.15. The number of rotatable bonds is 5. The minimum Gasteiger partial charge on any atom is -0.394 e. The highest BCUT2D eigenvalue weighted by atomic mass is 31.1. The normalized spacial score (nSPS) is 27.7. The summed E-state index contributed by atoms with van der Waals surface area (Å²) in [7, 11) is -2.63. The molecule has 5 atom stereocenters. The van der Waals surface area contributed by atoms with Crippen molar-refractivity contribution >= 4 is 25.1 Å². The molecular formula is C11H14FN5O6P+. The number of hydrogen-bond acceptors (Lipinski definition) is 8. The third-order valence-electron chi connectivity index (χ3n) is 3.55. The van der Waals surface area contributed by atoms with Gasteiger partial charge in [-0.2, -0.15) is 9.88 Å². The first kappa shape index (κ1) is 16.9. The quantitative estimate of drug-likeness (QED) is 0.488. The van der Waals surface area contributed by atoms with Crippen molar-refractivity contribution in [2.24, 2.45) is 0 Å². The van der Waals surface area contributed by atoms with E-state index >= 15 is 0 Å². The number of nitrogens with two attached hydrogens (primary N) is 1. The number of imidazole rings is 1. The van der Waals surface area contributed by atoms with E-state index in [4.69, 9.17) is 20.1 Å². The topological polar surface area (TPSA) is 166 Å². The number of H-pyrrole nitrogens is 1. The Morgan fingerprint density at radius 1 is 1.58 bits per heavy atom. The minimum absolute atomic E-state index is 0.00877. The molecule has 0 bridgehead atoms. The van der Waals surface area contributed by atoms with Crippen LogP contribution in [0.15, 0.2) is 11.1 Å². The summed E-state index contributed by atoms with van der Waals surface area (Å²) in [6, 6.07) is 0. The Hall–Kier alpha value is -1.98. The number of anilines is 1. The second-order valence-electron chi connectivity index (χ2n) is 5.08. The fourth-order valence-electron chi connectivity index (χ4n) is 2.54. The number of nitrogen functional groups attached to an aromatic ring is 1. The summed E-state index contributed by atoms with van der Waals surface area (Å²) in [5.41, 5.74) is 4.85. The molecule has 1 saturated heterocycles. The Balaban J connectivity index is 1.95. The van der Waals surface area contributed by atoms with Crippen molar-refractivity contribution in [2.75, 3.05) is 18.7 Å². The molecule has 13 heteroatoms. The lowest BCUT2D eigenvalue weighted by Crippen LogP contribution is -2.33. The van der Waals surface area contributed by atoms with Crippen LogP contribution in [0.4, 0.5) is 10.3 Å². The number of aliphatic hydroxyl groups is 1. The predicted molar refractivity (Wildman–Crippen MR) is 78.0 cm³/mol. The molecule has 24 heavy (non-hydrogen) atoms. The third-order valence-corrected chi connectivity index (χ3v) is 3.92. The van der Waals surface area contributed by atoms with Crippen LogP contribution in [0.1, 0.15) is 6.23 Å². The van der Waals surface area contributed by atoms with E-state index in [2.05, 4.69) is 15.0 Å². The van der Waals surface area contributed by atoms with Crippen LogP contribution in [0.25, 0.3) is 11.2 Å². The van der Waals surface area contributed by atoms with Crippen LogP contribution in [-0.4, -0.2) is 60.9 Å². The zero-order chi connectivity index (χ0) is 17.4. The number of aromatic amines is 1. The number of halogens is 1. The van der Waals surface area contributed by atoms with Gasteiger partial charge in [-0.05, 0) is 4.57 Å². The molecular weight excluding hydrogens is 348 g/mol. The van der Waals surface area contributed by atoms with Gasteiger partial charge < -0.3 is 20.3 Å². The molecule has 2 aromatic rings. The van der Waals surface area contributed by atoms with Gasteiger partial charge in [-0.1, -0.05) is 0 Å². The van der Waals surface area contributed by atoms with E-state index in [1.807, 2.05) is 0 Å². The number of aromatic nitrogens is 4. The van der Waals surface area contributed by atoms with Gasteiger partial charge in [0.1, 0.15) is 12.2 Å². The Morgan fingerprint density at radius 3 is 3.00 bits per heavy atom. The molecule has 1 aliphatic heterocycles. The number of nitrogens with one attached hydrogen (secondary N) is 1. The molecule has 0 spiro atoms. The van der Waals surface area contributed by atoms with Crippen LogP contribution in [0.3, 0.4) is 0 Å². The monoisotopic (exact) mass is 362 g/mol. The molecule has 2 aromatic heterocycles. The number of hydrogen-bond donors (Lipinski definition) is 4. The van der Waals surface area contributed by atoms with E-state index in [1.165, 1.54) is 0 Å². The second kappa shape index (κ2) is 6.49. The maximum absolute atomic E-state index is 14.7. The molecule has 0 aromatic carbocycles. The first-order chi connectivity index (χ1) is 11.4. The predicted octanol–water partition coefficient (Wildman–Crippen LogP) is -0.993. The van der Waals surface area contributed by atoms with Gasteiger partial charge in [0, 0.05) is 0 Å². The van der Waals surface area contributed by atoms with E-state index in [0.29, 0.717) is 0 Å². The van der Waals surface area contributed by atoms with Crippen LogP contribution >= 0.6 is 8.03 Å². The average molecular weight is 362 g/mol. The van der Waals surface area contributed by atoms with Crippen molar-refractivity contribution in [3.05, 3.63) is 16.7 Å². The first-order valence-corrected chi connectivity index (χ1v) is 8.20. The summed E-state index contributed by atoms with van der Waals surface area (Å²) >= 11 is 0. The van der Waals surface area contributed by atoms with Gasteiger partial charge >= 0.3 is 8.03 Å². The summed E-state index contributed by atoms with van der Waals surface area (Å²) < 4.78 is 37.0. The highest BCUT2D eigenvalue weighted by molar-refractivity contribution is 7.37. The molecule has 3 unspecified atom stereocenters. The summed E-state index contributed by atoms with van der Waals surface area (Å²) in [6.45, 7) is -0.563.